The zero-order valence-electron chi connectivity index (χ0n) is 15.9. The highest BCUT2D eigenvalue weighted by Crippen LogP contribution is 2.30. The summed E-state index contributed by atoms with van der Waals surface area (Å²) in [7, 11) is 2.06. The van der Waals surface area contributed by atoms with Crippen LogP contribution in [-0.2, 0) is 13.0 Å². The van der Waals surface area contributed by atoms with Crippen LogP contribution < -0.4 is 15.5 Å². The van der Waals surface area contributed by atoms with Crippen molar-refractivity contribution in [1.82, 2.24) is 9.97 Å². The first kappa shape index (κ1) is 18.0. The van der Waals surface area contributed by atoms with Gasteiger partial charge in [0.15, 0.2) is 0 Å². The monoisotopic (exact) mass is 373 g/mol. The van der Waals surface area contributed by atoms with Crippen molar-refractivity contribution in [2.24, 2.45) is 5.73 Å². The zero-order chi connectivity index (χ0) is 19.5. The van der Waals surface area contributed by atoms with E-state index in [-0.39, 0.29) is 0 Å². The molecule has 0 spiro atoms. The van der Waals surface area contributed by atoms with Gasteiger partial charge in [0.05, 0.1) is 11.9 Å². The molecule has 0 aliphatic carbocycles. The Morgan fingerprint density at radius 1 is 1.14 bits per heavy atom. The molecule has 6 nitrogen and oxygen atoms in total. The number of hydrogen-bond donors (Lipinski definition) is 1. The molecule has 28 heavy (non-hydrogen) atoms. The molecule has 4 rings (SSSR count). The van der Waals surface area contributed by atoms with Crippen molar-refractivity contribution in [2.75, 3.05) is 23.4 Å². The van der Waals surface area contributed by atoms with Crippen molar-refractivity contribution < 1.29 is 4.79 Å². The average Bonchev–Trinajstić information content (AvgIpc) is 2.73. The molecule has 0 bridgehead atoms. The van der Waals surface area contributed by atoms with Gasteiger partial charge >= 0.3 is 6.03 Å². The van der Waals surface area contributed by atoms with Crippen LogP contribution in [0.4, 0.5) is 16.3 Å². The number of rotatable bonds is 4. The van der Waals surface area contributed by atoms with Gasteiger partial charge in [-0.2, -0.15) is 0 Å². The summed E-state index contributed by atoms with van der Waals surface area (Å²) in [6.07, 6.45) is 7.28. The van der Waals surface area contributed by atoms with Crippen molar-refractivity contribution in [2.45, 2.75) is 19.4 Å². The first-order chi connectivity index (χ1) is 13.6. The standard InChI is InChI=1S/C22H23N5O/c1-26(15-16-6-3-2-4-7-16)20-11-19(12-24-14-20)18-10-17-8-5-9-27(22(23)28)21(17)25-13-18/h2-4,6-7,10-14H,5,8-9,15H2,1H3,(H2,23,28). The minimum absolute atomic E-state index is 0.451. The number of urea groups is 1. The number of hydrogen-bond acceptors (Lipinski definition) is 4. The molecule has 0 fully saturated rings. The second kappa shape index (κ2) is 7.68. The van der Waals surface area contributed by atoms with Gasteiger partial charge in [0.25, 0.3) is 0 Å². The van der Waals surface area contributed by atoms with Crippen molar-refractivity contribution in [3.8, 4) is 11.1 Å². The van der Waals surface area contributed by atoms with Crippen molar-refractivity contribution >= 4 is 17.5 Å². The van der Waals surface area contributed by atoms with Crippen LogP contribution in [0.1, 0.15) is 17.5 Å². The summed E-state index contributed by atoms with van der Waals surface area (Å²) >= 11 is 0. The summed E-state index contributed by atoms with van der Waals surface area (Å²) in [5.74, 6) is 0.674. The molecule has 3 heterocycles. The van der Waals surface area contributed by atoms with E-state index in [9.17, 15) is 4.79 Å². The topological polar surface area (TPSA) is 75.3 Å². The molecule has 0 saturated carbocycles. The molecule has 0 saturated heterocycles. The third-order valence-corrected chi connectivity index (χ3v) is 5.05. The van der Waals surface area contributed by atoms with Gasteiger partial charge in [-0.1, -0.05) is 30.3 Å². The molecule has 2 N–H and O–H groups in total. The zero-order valence-corrected chi connectivity index (χ0v) is 15.9. The summed E-state index contributed by atoms with van der Waals surface area (Å²) in [4.78, 5) is 24.3. The van der Waals surface area contributed by atoms with Gasteiger partial charge in [-0.05, 0) is 36.1 Å². The van der Waals surface area contributed by atoms with Crippen LogP contribution in [0.15, 0.2) is 61.1 Å². The lowest BCUT2D eigenvalue weighted by Gasteiger charge is -2.27. The summed E-state index contributed by atoms with van der Waals surface area (Å²) in [5.41, 5.74) is 10.8. The van der Waals surface area contributed by atoms with E-state index < -0.39 is 6.03 Å². The molecule has 0 radical (unpaired) electrons. The Labute approximate surface area is 164 Å². The minimum Gasteiger partial charge on any atom is -0.369 e. The average molecular weight is 373 g/mol. The van der Waals surface area contributed by atoms with Crippen LogP contribution >= 0.6 is 0 Å². The lowest BCUT2D eigenvalue weighted by atomic mass is 10.0. The van der Waals surface area contributed by atoms with E-state index in [4.69, 9.17) is 5.73 Å². The van der Waals surface area contributed by atoms with Gasteiger partial charge in [-0.3, -0.25) is 9.88 Å². The van der Waals surface area contributed by atoms with Gasteiger partial charge in [-0.25, -0.2) is 9.78 Å². The summed E-state index contributed by atoms with van der Waals surface area (Å²) in [5, 5.41) is 0. The second-order valence-electron chi connectivity index (χ2n) is 7.07. The molecule has 1 aromatic carbocycles. The van der Waals surface area contributed by atoms with Crippen LogP contribution in [0.5, 0.6) is 0 Å². The fourth-order valence-electron chi connectivity index (χ4n) is 3.58. The Bertz CT molecular complexity index is 989. The van der Waals surface area contributed by atoms with Crippen LogP contribution in [0.25, 0.3) is 11.1 Å². The number of nitrogens with two attached hydrogens (primary N) is 1. The fourth-order valence-corrected chi connectivity index (χ4v) is 3.58. The maximum atomic E-state index is 11.6. The normalized spacial score (nSPS) is 13.1. The molecule has 3 aromatic rings. The predicted molar refractivity (Wildman–Crippen MR) is 111 cm³/mol. The van der Waals surface area contributed by atoms with Crippen LogP contribution in [0, 0.1) is 0 Å². The van der Waals surface area contributed by atoms with Crippen LogP contribution in [0.3, 0.4) is 0 Å². The number of carbonyl (C=O) groups excluding carboxylic acids is 1. The largest absolute Gasteiger partial charge is 0.369 e. The van der Waals surface area contributed by atoms with Gasteiger partial charge in [0.2, 0.25) is 0 Å². The van der Waals surface area contributed by atoms with Gasteiger partial charge in [-0.15, -0.1) is 0 Å². The van der Waals surface area contributed by atoms with E-state index >= 15 is 0 Å². The van der Waals surface area contributed by atoms with E-state index in [0.717, 1.165) is 41.8 Å². The highest BCUT2D eigenvalue weighted by Gasteiger charge is 2.22. The molecule has 142 valence electrons. The maximum Gasteiger partial charge on any atom is 0.320 e. The number of benzene rings is 1. The van der Waals surface area contributed by atoms with Gasteiger partial charge in [0.1, 0.15) is 5.82 Å². The molecule has 1 aliphatic heterocycles. The van der Waals surface area contributed by atoms with Crippen LogP contribution in [-0.4, -0.2) is 29.6 Å². The quantitative estimate of drug-likeness (QED) is 0.758. The third kappa shape index (κ3) is 3.67. The number of anilines is 2. The summed E-state index contributed by atoms with van der Waals surface area (Å²) in [6, 6.07) is 14.1. The summed E-state index contributed by atoms with van der Waals surface area (Å²) < 4.78 is 0. The number of aromatic nitrogens is 2. The molecular formula is C22H23N5O. The Morgan fingerprint density at radius 2 is 1.93 bits per heavy atom. The number of carbonyl (C=O) groups is 1. The Balaban J connectivity index is 1.60. The smallest absolute Gasteiger partial charge is 0.320 e. The maximum absolute atomic E-state index is 11.6. The van der Waals surface area contributed by atoms with E-state index in [2.05, 4.69) is 46.2 Å². The number of fused-ring (bicyclic) bond motifs is 1. The predicted octanol–water partition coefficient (Wildman–Crippen LogP) is 3.61. The second-order valence-corrected chi connectivity index (χ2v) is 7.07. The number of aryl methyl sites for hydroxylation is 1. The van der Waals surface area contributed by atoms with Gasteiger partial charge in [0, 0.05) is 43.7 Å². The highest BCUT2D eigenvalue weighted by atomic mass is 16.2. The van der Waals surface area contributed by atoms with Gasteiger partial charge < -0.3 is 10.6 Å². The lowest BCUT2D eigenvalue weighted by molar-refractivity contribution is 0.253. The molecular weight excluding hydrogens is 350 g/mol. The van der Waals surface area contributed by atoms with E-state index in [1.807, 2.05) is 30.6 Å². The van der Waals surface area contributed by atoms with Crippen molar-refractivity contribution in [3.05, 3.63) is 72.2 Å². The Hall–Kier alpha value is -3.41. The first-order valence-corrected chi connectivity index (χ1v) is 9.38. The number of amides is 2. The van der Waals surface area contributed by atoms with Crippen molar-refractivity contribution in [1.29, 1.82) is 0 Å². The highest BCUT2D eigenvalue weighted by molar-refractivity contribution is 5.91. The molecule has 2 amide bonds. The fraction of sp³-hybridized carbons (Fsp3) is 0.227. The first-order valence-electron chi connectivity index (χ1n) is 9.38. The molecule has 0 atom stereocenters. The molecule has 0 unspecified atom stereocenters. The molecule has 2 aromatic heterocycles. The van der Waals surface area contributed by atoms with Crippen LogP contribution in [0.2, 0.25) is 0 Å². The third-order valence-electron chi connectivity index (χ3n) is 5.05. The molecule has 6 heteroatoms. The number of nitrogens with zero attached hydrogens (tertiary/aromatic N) is 4. The van der Waals surface area contributed by atoms with Crippen molar-refractivity contribution in [3.63, 3.8) is 0 Å². The molecule has 1 aliphatic rings. The van der Waals surface area contributed by atoms with E-state index in [1.54, 1.807) is 11.1 Å². The minimum atomic E-state index is -0.451. The van der Waals surface area contributed by atoms with E-state index in [1.165, 1.54) is 5.56 Å². The lowest BCUT2D eigenvalue weighted by Crippen LogP contribution is -2.40. The Kier molecular flexibility index (Phi) is 4.93. The summed E-state index contributed by atoms with van der Waals surface area (Å²) in [6.45, 7) is 1.43. The SMILES string of the molecule is CN(Cc1ccccc1)c1cncc(-c2cnc3c(c2)CCCN3C(N)=O)c1. The number of pyridine rings is 2. The number of primary amides is 1. The Morgan fingerprint density at radius 3 is 2.71 bits per heavy atom. The van der Waals surface area contributed by atoms with E-state index in [0.29, 0.717) is 12.4 Å².